The first-order chi connectivity index (χ1) is 16.8. The van der Waals surface area contributed by atoms with Crippen LogP contribution in [0.1, 0.15) is 18.2 Å². The third kappa shape index (κ3) is 6.35. The molecule has 0 spiro atoms. The molecule has 0 saturated carbocycles. The van der Waals surface area contributed by atoms with Crippen molar-refractivity contribution in [1.82, 2.24) is 9.97 Å². The lowest BCUT2D eigenvalue weighted by Crippen LogP contribution is -2.25. The van der Waals surface area contributed by atoms with Crippen LogP contribution >= 0.6 is 0 Å². The summed E-state index contributed by atoms with van der Waals surface area (Å²) in [4.78, 5) is 49.9. The lowest BCUT2D eigenvalue weighted by molar-refractivity contribution is -0.386. The predicted molar refractivity (Wildman–Crippen MR) is 128 cm³/mol. The lowest BCUT2D eigenvalue weighted by atomic mass is 10.1. The molecule has 0 aliphatic heterocycles. The largest absolute Gasteiger partial charge is 0.493 e. The topological polar surface area (TPSA) is 166 Å². The standard InChI is InChI=1S/C23H22N4O8/c1-3-34-17-7-5-4-6-15(17)24-20(28)13-35-18-11-9-14(12-19(18)33-2)8-10-16-21(27(31)32)22(29)26-23(30)25-16/h4-12H,3,13H2,1-2H3,(H,24,28)(H2,25,26,29,30)/b10-8-. The maximum atomic E-state index is 12.4. The molecule has 0 fully saturated rings. The first-order valence-corrected chi connectivity index (χ1v) is 10.3. The molecule has 0 bridgehead atoms. The monoisotopic (exact) mass is 482 g/mol. The lowest BCUT2D eigenvalue weighted by Gasteiger charge is -2.13. The van der Waals surface area contributed by atoms with E-state index in [0.717, 1.165) is 0 Å². The predicted octanol–water partition coefficient (Wildman–Crippen LogP) is 2.57. The number of aromatic nitrogens is 2. The van der Waals surface area contributed by atoms with E-state index in [1.807, 2.05) is 11.9 Å². The average molecular weight is 482 g/mol. The van der Waals surface area contributed by atoms with E-state index in [4.69, 9.17) is 14.2 Å². The van der Waals surface area contributed by atoms with Crippen LogP contribution in [0.5, 0.6) is 17.2 Å². The molecule has 12 heteroatoms. The molecule has 12 nitrogen and oxygen atoms in total. The van der Waals surface area contributed by atoms with Gasteiger partial charge in [-0.2, -0.15) is 0 Å². The summed E-state index contributed by atoms with van der Waals surface area (Å²) in [6.45, 7) is 1.99. The number of H-pyrrole nitrogens is 2. The van der Waals surface area contributed by atoms with Gasteiger partial charge < -0.3 is 24.5 Å². The minimum absolute atomic E-state index is 0.257. The highest BCUT2D eigenvalue weighted by atomic mass is 16.6. The Morgan fingerprint density at radius 1 is 1.06 bits per heavy atom. The van der Waals surface area contributed by atoms with E-state index in [-0.39, 0.29) is 18.1 Å². The van der Waals surface area contributed by atoms with E-state index >= 15 is 0 Å². The van der Waals surface area contributed by atoms with Gasteiger partial charge in [-0.3, -0.25) is 24.7 Å². The van der Waals surface area contributed by atoms with Gasteiger partial charge >= 0.3 is 16.9 Å². The summed E-state index contributed by atoms with van der Waals surface area (Å²) in [7, 11) is 1.41. The molecule has 182 valence electrons. The van der Waals surface area contributed by atoms with Crippen molar-refractivity contribution in [3.63, 3.8) is 0 Å². The third-order valence-corrected chi connectivity index (χ3v) is 4.58. The first-order valence-electron chi connectivity index (χ1n) is 10.3. The normalized spacial score (nSPS) is 10.7. The van der Waals surface area contributed by atoms with Crippen molar-refractivity contribution < 1.29 is 23.9 Å². The number of carbonyl (C=O) groups excluding carboxylic acids is 1. The zero-order valence-electron chi connectivity index (χ0n) is 18.8. The van der Waals surface area contributed by atoms with E-state index in [1.165, 1.54) is 19.3 Å². The Morgan fingerprint density at radius 3 is 2.54 bits per heavy atom. The molecule has 1 amide bonds. The van der Waals surface area contributed by atoms with E-state index in [0.29, 0.717) is 29.4 Å². The van der Waals surface area contributed by atoms with Gasteiger partial charge in [0.15, 0.2) is 18.1 Å². The molecule has 3 aromatic rings. The van der Waals surface area contributed by atoms with E-state index in [9.17, 15) is 24.5 Å². The minimum atomic E-state index is -1.11. The fourth-order valence-electron chi connectivity index (χ4n) is 3.07. The fraction of sp³-hybridized carbons (Fsp3) is 0.174. The van der Waals surface area contributed by atoms with Crippen molar-refractivity contribution in [2.75, 3.05) is 25.6 Å². The van der Waals surface area contributed by atoms with Gasteiger partial charge in [0.25, 0.3) is 5.91 Å². The Kier molecular flexibility index (Phi) is 8.01. The highest BCUT2D eigenvalue weighted by molar-refractivity contribution is 5.93. The van der Waals surface area contributed by atoms with Crippen molar-refractivity contribution in [3.05, 3.63) is 84.7 Å². The number of methoxy groups -OCH3 is 1. The molecule has 3 N–H and O–H groups in total. The van der Waals surface area contributed by atoms with Gasteiger partial charge in [0, 0.05) is 0 Å². The maximum absolute atomic E-state index is 12.4. The second-order valence-electron chi connectivity index (χ2n) is 6.94. The average Bonchev–Trinajstić information content (AvgIpc) is 2.82. The molecular formula is C23H22N4O8. The van der Waals surface area contributed by atoms with Crippen LogP contribution in [-0.4, -0.2) is 41.1 Å². The zero-order chi connectivity index (χ0) is 25.4. The summed E-state index contributed by atoms with van der Waals surface area (Å²) in [5, 5.41) is 13.9. The van der Waals surface area contributed by atoms with Gasteiger partial charge in [-0.1, -0.05) is 24.3 Å². The van der Waals surface area contributed by atoms with E-state index in [1.54, 1.807) is 42.5 Å². The fourth-order valence-corrected chi connectivity index (χ4v) is 3.07. The van der Waals surface area contributed by atoms with Crippen molar-refractivity contribution in [2.45, 2.75) is 6.92 Å². The van der Waals surface area contributed by atoms with Gasteiger partial charge in [0.1, 0.15) is 11.4 Å². The second-order valence-corrected chi connectivity index (χ2v) is 6.94. The van der Waals surface area contributed by atoms with Crippen molar-refractivity contribution in [2.24, 2.45) is 0 Å². The summed E-state index contributed by atoms with van der Waals surface area (Å²) in [6, 6.07) is 11.7. The van der Waals surface area contributed by atoms with Crippen molar-refractivity contribution >= 4 is 29.4 Å². The molecule has 0 saturated heterocycles. The molecule has 0 aliphatic carbocycles. The van der Waals surface area contributed by atoms with Gasteiger partial charge in [-0.25, -0.2) is 4.79 Å². The number of hydrogen-bond acceptors (Lipinski definition) is 8. The maximum Gasteiger partial charge on any atom is 0.357 e. The summed E-state index contributed by atoms with van der Waals surface area (Å²) in [5.41, 5.74) is -1.98. The number of benzene rings is 2. The zero-order valence-corrected chi connectivity index (χ0v) is 18.8. The highest BCUT2D eigenvalue weighted by Crippen LogP contribution is 2.29. The first kappa shape index (κ1) is 24.8. The van der Waals surface area contributed by atoms with Crippen LogP contribution in [0.15, 0.2) is 52.1 Å². The van der Waals surface area contributed by atoms with Crippen LogP contribution in [0.2, 0.25) is 0 Å². The molecule has 1 heterocycles. The third-order valence-electron chi connectivity index (χ3n) is 4.58. The molecule has 2 aromatic carbocycles. The van der Waals surface area contributed by atoms with Crippen LogP contribution < -0.4 is 30.8 Å². The number of rotatable bonds is 10. The number of nitro groups is 1. The number of hydrogen-bond donors (Lipinski definition) is 3. The molecule has 1 aromatic heterocycles. The number of ether oxygens (including phenoxy) is 3. The molecule has 0 atom stereocenters. The number of amides is 1. The molecule has 35 heavy (non-hydrogen) atoms. The molecule has 3 rings (SSSR count). The Balaban J connectivity index is 1.73. The molecular weight excluding hydrogens is 460 g/mol. The number of nitrogens with zero attached hydrogens (tertiary/aromatic N) is 1. The summed E-state index contributed by atoms with van der Waals surface area (Å²) >= 11 is 0. The van der Waals surface area contributed by atoms with Gasteiger partial charge in [-0.05, 0) is 42.8 Å². The SMILES string of the molecule is CCOc1ccccc1NC(=O)COc1ccc(/C=C\c2[nH]c(=O)[nH]c(=O)c2[N+](=O)[O-])cc1OC. The van der Waals surface area contributed by atoms with Crippen LogP contribution in [-0.2, 0) is 4.79 Å². The van der Waals surface area contributed by atoms with Crippen LogP contribution in [0, 0.1) is 10.1 Å². The molecule has 0 aliphatic rings. The number of para-hydroxylation sites is 2. The highest BCUT2D eigenvalue weighted by Gasteiger charge is 2.19. The van der Waals surface area contributed by atoms with Gasteiger partial charge in [0.05, 0.1) is 24.3 Å². The van der Waals surface area contributed by atoms with Gasteiger partial charge in [-0.15, -0.1) is 0 Å². The minimum Gasteiger partial charge on any atom is -0.493 e. The van der Waals surface area contributed by atoms with E-state index < -0.39 is 27.8 Å². The summed E-state index contributed by atoms with van der Waals surface area (Å²) in [5.74, 6) is 0.713. The Bertz CT molecular complexity index is 1380. The second kappa shape index (κ2) is 11.3. The quantitative estimate of drug-likeness (QED) is 0.293. The summed E-state index contributed by atoms with van der Waals surface area (Å²) in [6.07, 6.45) is 2.68. The molecule has 0 unspecified atom stereocenters. The Hall–Kier alpha value is -4.87. The Labute approximate surface area is 198 Å². The van der Waals surface area contributed by atoms with Crippen LogP contribution in [0.3, 0.4) is 0 Å². The number of nitrogens with one attached hydrogen (secondary N) is 3. The number of aromatic amines is 2. The number of anilines is 1. The molecule has 0 radical (unpaired) electrons. The smallest absolute Gasteiger partial charge is 0.357 e. The van der Waals surface area contributed by atoms with Gasteiger partial charge in [0.2, 0.25) is 0 Å². The summed E-state index contributed by atoms with van der Waals surface area (Å²) < 4.78 is 16.4. The Morgan fingerprint density at radius 2 is 1.83 bits per heavy atom. The number of carbonyl (C=O) groups is 1. The van der Waals surface area contributed by atoms with E-state index in [2.05, 4.69) is 10.3 Å². The van der Waals surface area contributed by atoms with Crippen molar-refractivity contribution in [1.29, 1.82) is 0 Å². The van der Waals surface area contributed by atoms with Crippen LogP contribution in [0.4, 0.5) is 11.4 Å². The van der Waals surface area contributed by atoms with Crippen LogP contribution in [0.25, 0.3) is 12.2 Å². The van der Waals surface area contributed by atoms with Crippen molar-refractivity contribution in [3.8, 4) is 17.2 Å².